The van der Waals surface area contributed by atoms with Crippen LogP contribution in [0.1, 0.15) is 30.4 Å². The molecule has 0 spiro atoms. The molecule has 1 aliphatic carbocycles. The lowest BCUT2D eigenvalue weighted by Crippen LogP contribution is -2.38. The molecule has 1 heterocycles. The zero-order chi connectivity index (χ0) is 19.6. The monoisotopic (exact) mass is 382 g/mol. The van der Waals surface area contributed by atoms with Crippen LogP contribution >= 0.6 is 0 Å². The lowest BCUT2D eigenvalue weighted by atomic mass is 9.89. The molecule has 0 saturated heterocycles. The molecule has 0 bridgehead atoms. The van der Waals surface area contributed by atoms with Gasteiger partial charge in [0.25, 0.3) is 0 Å². The van der Waals surface area contributed by atoms with Gasteiger partial charge in [0.1, 0.15) is 23.8 Å². The fourth-order valence-corrected chi connectivity index (χ4v) is 4.09. The van der Waals surface area contributed by atoms with Crippen LogP contribution in [0.2, 0.25) is 0 Å². The van der Waals surface area contributed by atoms with E-state index in [0.29, 0.717) is 12.4 Å². The molecule has 1 aromatic heterocycles. The van der Waals surface area contributed by atoms with Crippen molar-refractivity contribution in [1.82, 2.24) is 9.97 Å². The van der Waals surface area contributed by atoms with E-state index in [9.17, 15) is 4.39 Å². The van der Waals surface area contributed by atoms with Crippen LogP contribution in [0.25, 0.3) is 11.0 Å². The minimum atomic E-state index is -0.645. The fourth-order valence-electron chi connectivity index (χ4n) is 4.09. The van der Waals surface area contributed by atoms with Crippen molar-refractivity contribution < 1.29 is 18.6 Å². The number of ether oxygens (including phenoxy) is 3. The second-order valence-corrected chi connectivity index (χ2v) is 7.05. The topological polar surface area (TPSA) is 53.5 Å². The molecule has 2 unspecified atom stereocenters. The standard InChI is InChI=1S/C22H23FN2O3/c1-26-21-4-3-7-22(21,27-2)16-11-17(23)13-18(12-16)28-14-15-5-6-19-20(10-15)25-9-8-24-19/h5-6,8-13,21H,3-4,7,14H2,1-2H3. The van der Waals surface area contributed by atoms with E-state index in [2.05, 4.69) is 9.97 Å². The zero-order valence-corrected chi connectivity index (χ0v) is 16.0. The summed E-state index contributed by atoms with van der Waals surface area (Å²) in [5.41, 5.74) is 2.67. The van der Waals surface area contributed by atoms with Gasteiger partial charge in [-0.15, -0.1) is 0 Å². The van der Waals surface area contributed by atoms with E-state index < -0.39 is 5.60 Å². The number of methoxy groups -OCH3 is 2. The molecule has 0 radical (unpaired) electrons. The Morgan fingerprint density at radius 3 is 2.68 bits per heavy atom. The summed E-state index contributed by atoms with van der Waals surface area (Å²) in [5.74, 6) is 0.113. The number of nitrogens with zero attached hydrogens (tertiary/aromatic N) is 2. The Hall–Kier alpha value is -2.57. The van der Waals surface area contributed by atoms with Crippen LogP contribution in [0.5, 0.6) is 5.75 Å². The van der Waals surface area contributed by atoms with E-state index in [-0.39, 0.29) is 11.9 Å². The van der Waals surface area contributed by atoms with Crippen molar-refractivity contribution in [2.45, 2.75) is 37.6 Å². The molecule has 0 aliphatic heterocycles. The first-order valence-electron chi connectivity index (χ1n) is 9.36. The maximum atomic E-state index is 14.4. The van der Waals surface area contributed by atoms with Crippen molar-refractivity contribution in [3.8, 4) is 5.75 Å². The highest BCUT2D eigenvalue weighted by Gasteiger charge is 2.45. The van der Waals surface area contributed by atoms with Gasteiger partial charge in [-0.2, -0.15) is 0 Å². The number of halogens is 1. The van der Waals surface area contributed by atoms with E-state index in [1.165, 1.54) is 12.1 Å². The third-order valence-electron chi connectivity index (χ3n) is 5.48. The maximum absolute atomic E-state index is 14.4. The van der Waals surface area contributed by atoms with Gasteiger partial charge in [-0.05, 0) is 54.7 Å². The van der Waals surface area contributed by atoms with Crippen LogP contribution in [0, 0.1) is 5.82 Å². The average Bonchev–Trinajstić information content (AvgIpc) is 3.16. The summed E-state index contributed by atoms with van der Waals surface area (Å²) >= 11 is 0. The van der Waals surface area contributed by atoms with Gasteiger partial charge in [-0.25, -0.2) is 4.39 Å². The maximum Gasteiger partial charge on any atom is 0.127 e. The van der Waals surface area contributed by atoms with Crippen LogP contribution in [0.15, 0.2) is 48.8 Å². The summed E-state index contributed by atoms with van der Waals surface area (Å²) in [6, 6.07) is 10.5. The minimum Gasteiger partial charge on any atom is -0.489 e. The number of hydrogen-bond acceptors (Lipinski definition) is 5. The van der Waals surface area contributed by atoms with Gasteiger partial charge < -0.3 is 14.2 Å². The predicted molar refractivity (Wildman–Crippen MR) is 104 cm³/mol. The molecule has 1 fully saturated rings. The van der Waals surface area contributed by atoms with Gasteiger partial charge in [0, 0.05) is 32.7 Å². The lowest BCUT2D eigenvalue weighted by Gasteiger charge is -2.34. The summed E-state index contributed by atoms with van der Waals surface area (Å²) in [6.07, 6.45) is 5.85. The van der Waals surface area contributed by atoms with E-state index in [1.807, 2.05) is 24.3 Å². The van der Waals surface area contributed by atoms with E-state index >= 15 is 0 Å². The van der Waals surface area contributed by atoms with Crippen molar-refractivity contribution in [3.63, 3.8) is 0 Å². The second kappa shape index (κ2) is 7.81. The third kappa shape index (κ3) is 3.45. The van der Waals surface area contributed by atoms with Crippen molar-refractivity contribution in [2.24, 2.45) is 0 Å². The highest BCUT2D eigenvalue weighted by Crippen LogP contribution is 2.44. The molecule has 28 heavy (non-hydrogen) atoms. The SMILES string of the molecule is COC1CCCC1(OC)c1cc(F)cc(OCc2ccc3nccnc3c2)c1. The third-order valence-corrected chi connectivity index (χ3v) is 5.48. The van der Waals surface area contributed by atoms with E-state index in [4.69, 9.17) is 14.2 Å². The Morgan fingerprint density at radius 2 is 1.89 bits per heavy atom. The van der Waals surface area contributed by atoms with E-state index in [1.54, 1.807) is 26.6 Å². The van der Waals surface area contributed by atoms with Crippen LogP contribution in [-0.2, 0) is 21.7 Å². The van der Waals surface area contributed by atoms with Crippen LogP contribution in [-0.4, -0.2) is 30.3 Å². The summed E-state index contributed by atoms with van der Waals surface area (Å²) in [6.45, 7) is 0.309. The molecule has 1 aliphatic rings. The fraction of sp³-hybridized carbons (Fsp3) is 0.364. The van der Waals surface area contributed by atoms with Gasteiger partial charge in [0.05, 0.1) is 17.1 Å². The van der Waals surface area contributed by atoms with Crippen LogP contribution in [0.3, 0.4) is 0 Å². The molecule has 6 heteroatoms. The summed E-state index contributed by atoms with van der Waals surface area (Å²) in [7, 11) is 3.32. The van der Waals surface area contributed by atoms with Gasteiger partial charge in [-0.3, -0.25) is 9.97 Å². The van der Waals surface area contributed by atoms with Gasteiger partial charge in [0.15, 0.2) is 0 Å². The molecular formula is C22H23FN2O3. The predicted octanol–water partition coefficient (Wildman–Crippen LogP) is 4.39. The Bertz CT molecular complexity index is 981. The van der Waals surface area contributed by atoms with Crippen molar-refractivity contribution in [1.29, 1.82) is 0 Å². The summed E-state index contributed by atoms with van der Waals surface area (Å²) in [4.78, 5) is 8.57. The Labute approximate surface area is 163 Å². The molecule has 146 valence electrons. The van der Waals surface area contributed by atoms with Crippen molar-refractivity contribution in [3.05, 3.63) is 65.7 Å². The quantitative estimate of drug-likeness (QED) is 0.633. The summed E-state index contributed by atoms with van der Waals surface area (Å²) in [5, 5.41) is 0. The van der Waals surface area contributed by atoms with Crippen molar-refractivity contribution in [2.75, 3.05) is 14.2 Å². The number of fused-ring (bicyclic) bond motifs is 1. The lowest BCUT2D eigenvalue weighted by molar-refractivity contribution is -0.104. The Kier molecular flexibility index (Phi) is 5.24. The van der Waals surface area contributed by atoms with Gasteiger partial charge in [0.2, 0.25) is 0 Å². The molecule has 2 atom stereocenters. The highest BCUT2D eigenvalue weighted by molar-refractivity contribution is 5.74. The zero-order valence-electron chi connectivity index (χ0n) is 16.0. The molecule has 0 N–H and O–H groups in total. The average molecular weight is 382 g/mol. The van der Waals surface area contributed by atoms with Gasteiger partial charge >= 0.3 is 0 Å². The summed E-state index contributed by atoms with van der Waals surface area (Å²) < 4.78 is 31.7. The normalized spacial score (nSPS) is 21.9. The first-order valence-corrected chi connectivity index (χ1v) is 9.36. The molecule has 3 aromatic rings. The van der Waals surface area contributed by atoms with Crippen LogP contribution in [0.4, 0.5) is 4.39 Å². The molecule has 0 amide bonds. The molecule has 4 rings (SSSR count). The van der Waals surface area contributed by atoms with Gasteiger partial charge in [-0.1, -0.05) is 6.07 Å². The minimum absolute atomic E-state index is 0.105. The number of aromatic nitrogens is 2. The first kappa shape index (κ1) is 18.8. The Balaban J connectivity index is 1.58. The van der Waals surface area contributed by atoms with Crippen LogP contribution < -0.4 is 4.74 Å². The number of rotatable bonds is 6. The van der Waals surface area contributed by atoms with E-state index in [0.717, 1.165) is 41.4 Å². The second-order valence-electron chi connectivity index (χ2n) is 7.05. The molecular weight excluding hydrogens is 359 g/mol. The Morgan fingerprint density at radius 1 is 1.07 bits per heavy atom. The first-order chi connectivity index (χ1) is 13.6. The van der Waals surface area contributed by atoms with Crippen molar-refractivity contribution >= 4 is 11.0 Å². The largest absolute Gasteiger partial charge is 0.489 e. The highest BCUT2D eigenvalue weighted by atomic mass is 19.1. The molecule has 1 saturated carbocycles. The molecule has 5 nitrogen and oxygen atoms in total. The number of hydrogen-bond donors (Lipinski definition) is 0. The number of benzene rings is 2. The molecule has 2 aromatic carbocycles. The smallest absolute Gasteiger partial charge is 0.127 e.